The molecule has 3 rings (SSSR count). The van der Waals surface area contributed by atoms with Crippen molar-refractivity contribution in [2.75, 3.05) is 11.5 Å². The second kappa shape index (κ2) is 5.05. The van der Waals surface area contributed by atoms with E-state index in [9.17, 15) is 0 Å². The number of aromatic nitrogens is 2. The minimum absolute atomic E-state index is 0.221. The largest absolute Gasteiger partial charge is 0.381 e. The van der Waals surface area contributed by atoms with Crippen molar-refractivity contribution >= 4 is 17.6 Å². The molecule has 1 aliphatic heterocycles. The molecule has 2 aliphatic rings. The summed E-state index contributed by atoms with van der Waals surface area (Å²) in [5.74, 6) is 1.46. The normalized spacial score (nSPS) is 25.9. The minimum Gasteiger partial charge on any atom is -0.381 e. The molecule has 0 radical (unpaired) electrons. The zero-order valence-electron chi connectivity index (χ0n) is 10.5. The van der Waals surface area contributed by atoms with Crippen molar-refractivity contribution in [3.63, 3.8) is 0 Å². The highest BCUT2D eigenvalue weighted by atomic mass is 32.2. The van der Waals surface area contributed by atoms with Crippen LogP contribution in [0.25, 0.3) is 0 Å². The maximum absolute atomic E-state index is 6.26. The average molecular weight is 265 g/mol. The Balaban J connectivity index is 1.54. The first-order valence-electron chi connectivity index (χ1n) is 6.65. The van der Waals surface area contributed by atoms with E-state index in [4.69, 9.17) is 10.5 Å². The number of anilines is 1. The standard InChI is InChI=1S/C13H19N3OS/c14-11-12(16-8-7-15-11)18-9-10-3-6-13(17-10)4-1-2-5-13/h7-8,10H,1-6,9H2,(H2,14,15). The average Bonchev–Trinajstić information content (AvgIpc) is 3.00. The number of hydrogen-bond acceptors (Lipinski definition) is 5. The van der Waals surface area contributed by atoms with Crippen LogP contribution < -0.4 is 5.73 Å². The predicted octanol–water partition coefficient (Wildman–Crippen LogP) is 2.64. The first kappa shape index (κ1) is 12.2. The van der Waals surface area contributed by atoms with Crippen LogP contribution in [0.2, 0.25) is 0 Å². The van der Waals surface area contributed by atoms with Crippen LogP contribution in [0.1, 0.15) is 38.5 Å². The molecule has 1 saturated carbocycles. The molecule has 5 heteroatoms. The number of ether oxygens (including phenoxy) is 1. The molecule has 1 unspecified atom stereocenters. The van der Waals surface area contributed by atoms with E-state index < -0.39 is 0 Å². The van der Waals surface area contributed by atoms with E-state index in [2.05, 4.69) is 9.97 Å². The van der Waals surface area contributed by atoms with E-state index in [1.165, 1.54) is 38.5 Å². The summed E-state index contributed by atoms with van der Waals surface area (Å²) in [6.07, 6.45) is 11.2. The van der Waals surface area contributed by atoms with E-state index in [1.54, 1.807) is 24.2 Å². The highest BCUT2D eigenvalue weighted by Crippen LogP contribution is 2.44. The zero-order chi connectivity index (χ0) is 12.4. The van der Waals surface area contributed by atoms with Gasteiger partial charge in [0.25, 0.3) is 0 Å². The lowest BCUT2D eigenvalue weighted by Gasteiger charge is -2.23. The fourth-order valence-electron chi connectivity index (χ4n) is 3.02. The van der Waals surface area contributed by atoms with Crippen LogP contribution in [0, 0.1) is 0 Å². The Morgan fingerprint density at radius 3 is 2.83 bits per heavy atom. The smallest absolute Gasteiger partial charge is 0.156 e. The fourth-order valence-corrected chi connectivity index (χ4v) is 3.93. The Morgan fingerprint density at radius 1 is 1.28 bits per heavy atom. The molecule has 0 bridgehead atoms. The highest BCUT2D eigenvalue weighted by Gasteiger charge is 2.41. The number of thioether (sulfide) groups is 1. The Hall–Kier alpha value is -0.810. The first-order valence-corrected chi connectivity index (χ1v) is 7.63. The van der Waals surface area contributed by atoms with E-state index in [-0.39, 0.29) is 5.60 Å². The fraction of sp³-hybridized carbons (Fsp3) is 0.692. The van der Waals surface area contributed by atoms with Gasteiger partial charge in [0.2, 0.25) is 0 Å². The van der Waals surface area contributed by atoms with Crippen LogP contribution in [-0.2, 0) is 4.74 Å². The Bertz CT molecular complexity index is 420. The van der Waals surface area contributed by atoms with Gasteiger partial charge < -0.3 is 10.5 Å². The van der Waals surface area contributed by atoms with Crippen molar-refractivity contribution in [2.24, 2.45) is 0 Å². The lowest BCUT2D eigenvalue weighted by molar-refractivity contribution is -0.0267. The van der Waals surface area contributed by atoms with Crippen LogP contribution in [0.15, 0.2) is 17.4 Å². The van der Waals surface area contributed by atoms with Gasteiger partial charge in [0, 0.05) is 18.1 Å². The second-order valence-corrected chi connectivity index (χ2v) is 6.24. The Kier molecular flexibility index (Phi) is 3.43. The van der Waals surface area contributed by atoms with Gasteiger partial charge in [-0.15, -0.1) is 0 Å². The topological polar surface area (TPSA) is 61.0 Å². The maximum Gasteiger partial charge on any atom is 0.156 e. The minimum atomic E-state index is 0.221. The molecular formula is C13H19N3OS. The summed E-state index contributed by atoms with van der Waals surface area (Å²) in [4.78, 5) is 8.30. The maximum atomic E-state index is 6.26. The van der Waals surface area contributed by atoms with Gasteiger partial charge in [-0.25, -0.2) is 9.97 Å². The molecule has 98 valence electrons. The van der Waals surface area contributed by atoms with Crippen LogP contribution in [-0.4, -0.2) is 27.4 Å². The number of nitrogens with zero attached hydrogens (tertiary/aromatic N) is 2. The van der Waals surface area contributed by atoms with Crippen LogP contribution in [0.4, 0.5) is 5.82 Å². The highest BCUT2D eigenvalue weighted by molar-refractivity contribution is 7.99. The summed E-state index contributed by atoms with van der Waals surface area (Å²) in [7, 11) is 0. The summed E-state index contributed by atoms with van der Waals surface area (Å²) in [6.45, 7) is 0. The Labute approximate surface area is 112 Å². The molecule has 2 heterocycles. The second-order valence-electron chi connectivity index (χ2n) is 5.23. The molecule has 0 amide bonds. The van der Waals surface area contributed by atoms with Gasteiger partial charge in [0.05, 0.1) is 11.7 Å². The Morgan fingerprint density at radius 2 is 2.06 bits per heavy atom. The quantitative estimate of drug-likeness (QED) is 0.851. The van der Waals surface area contributed by atoms with Crippen molar-refractivity contribution in [1.82, 2.24) is 9.97 Å². The molecule has 1 saturated heterocycles. The first-order chi connectivity index (χ1) is 8.77. The molecule has 2 fully saturated rings. The SMILES string of the molecule is Nc1nccnc1SCC1CCC2(CCCC2)O1. The van der Waals surface area contributed by atoms with E-state index in [0.717, 1.165) is 10.8 Å². The summed E-state index contributed by atoms with van der Waals surface area (Å²) in [5, 5.41) is 0.827. The summed E-state index contributed by atoms with van der Waals surface area (Å²) < 4.78 is 6.26. The lowest BCUT2D eigenvalue weighted by Crippen LogP contribution is -2.25. The van der Waals surface area contributed by atoms with Crippen molar-refractivity contribution < 1.29 is 4.74 Å². The summed E-state index contributed by atoms with van der Waals surface area (Å²) in [5.41, 5.74) is 6.01. The van der Waals surface area contributed by atoms with Gasteiger partial charge in [-0.1, -0.05) is 24.6 Å². The molecule has 2 N–H and O–H groups in total. The van der Waals surface area contributed by atoms with Crippen molar-refractivity contribution in [3.8, 4) is 0 Å². The monoisotopic (exact) mass is 265 g/mol. The summed E-state index contributed by atoms with van der Waals surface area (Å²) >= 11 is 1.66. The van der Waals surface area contributed by atoms with Crippen molar-refractivity contribution in [3.05, 3.63) is 12.4 Å². The van der Waals surface area contributed by atoms with Gasteiger partial charge in [0.15, 0.2) is 5.82 Å². The van der Waals surface area contributed by atoms with Crippen LogP contribution >= 0.6 is 11.8 Å². The van der Waals surface area contributed by atoms with Crippen molar-refractivity contribution in [1.29, 1.82) is 0 Å². The molecule has 1 atom stereocenters. The number of hydrogen-bond donors (Lipinski definition) is 1. The summed E-state index contributed by atoms with van der Waals surface area (Å²) in [6, 6.07) is 0. The molecule has 1 aromatic rings. The predicted molar refractivity (Wildman–Crippen MR) is 72.5 cm³/mol. The third kappa shape index (κ3) is 2.47. The lowest BCUT2D eigenvalue weighted by atomic mass is 9.98. The third-order valence-electron chi connectivity index (χ3n) is 3.95. The molecule has 18 heavy (non-hydrogen) atoms. The molecule has 1 spiro atoms. The van der Waals surface area contributed by atoms with Gasteiger partial charge in [-0.2, -0.15) is 0 Å². The van der Waals surface area contributed by atoms with E-state index in [0.29, 0.717) is 11.9 Å². The number of nitrogens with two attached hydrogens (primary N) is 1. The van der Waals surface area contributed by atoms with E-state index in [1.807, 2.05) is 0 Å². The third-order valence-corrected chi connectivity index (χ3v) is 5.08. The molecule has 4 nitrogen and oxygen atoms in total. The van der Waals surface area contributed by atoms with Gasteiger partial charge in [-0.3, -0.25) is 0 Å². The van der Waals surface area contributed by atoms with Gasteiger partial charge in [-0.05, 0) is 25.7 Å². The number of nitrogen functional groups attached to an aromatic ring is 1. The van der Waals surface area contributed by atoms with Crippen LogP contribution in [0.3, 0.4) is 0 Å². The van der Waals surface area contributed by atoms with Crippen molar-refractivity contribution in [2.45, 2.75) is 55.3 Å². The van der Waals surface area contributed by atoms with Gasteiger partial charge >= 0.3 is 0 Å². The molecule has 1 aliphatic carbocycles. The van der Waals surface area contributed by atoms with E-state index >= 15 is 0 Å². The zero-order valence-corrected chi connectivity index (χ0v) is 11.3. The molecular weight excluding hydrogens is 246 g/mol. The van der Waals surface area contributed by atoms with Gasteiger partial charge in [0.1, 0.15) is 5.03 Å². The van der Waals surface area contributed by atoms with Crippen LogP contribution in [0.5, 0.6) is 0 Å². The molecule has 1 aromatic heterocycles. The molecule has 0 aromatic carbocycles. The number of rotatable bonds is 3.